The van der Waals surface area contributed by atoms with E-state index in [4.69, 9.17) is 18.5 Å². The number of phosphoric ester groups is 1. The van der Waals surface area contributed by atoms with E-state index in [1.54, 1.807) is 42.5 Å². The first-order valence-electron chi connectivity index (χ1n) is 21.6. The number of nitrogens with zero attached hydrogens (tertiary/aromatic N) is 1. The Morgan fingerprint density at radius 1 is 0.678 bits per heavy atom. The van der Waals surface area contributed by atoms with Crippen LogP contribution in [0.4, 0.5) is 0 Å². The molecule has 0 aliphatic carbocycles. The number of aliphatic hydroxyl groups excluding tert-OH is 3. The average molecular weight is 853 g/mol. The summed E-state index contributed by atoms with van der Waals surface area (Å²) in [5, 5.41) is 30.4. The number of phosphoric acid groups is 1. The second kappa shape index (κ2) is 36.9. The standard InChI is InChI=1S/C46H78NO11P/c1-6-8-10-11-12-13-14-15-16-17-18-19-20-25-29-35-46(52)58-42(40-57-59(53,54)56-38-37-47(3,4)5)39-55-45(51)36-30-34-44(50)43(49)33-28-24-22-21-23-27-32-41(48)31-26-9-7-2/h9,12-13,15-16,21-24,26-28,32-33,41-44,48-50H,6-8,10-11,14,17-20,25,29-31,34-40H2,1-5H3/p+1/b13-12-,16-15-,23-21+,24-22-,26-9-,32-27+,33-28-/t41-,42-,43+,44+/m1/s1. The number of rotatable bonds is 37. The molecule has 4 N–H and O–H groups in total. The van der Waals surface area contributed by atoms with Crippen molar-refractivity contribution in [2.75, 3.05) is 47.5 Å². The number of carbonyl (C=O) groups is 2. The molecule has 0 radical (unpaired) electrons. The van der Waals surface area contributed by atoms with Crippen molar-refractivity contribution in [2.24, 2.45) is 0 Å². The third-order valence-corrected chi connectivity index (χ3v) is 9.74. The van der Waals surface area contributed by atoms with E-state index in [2.05, 4.69) is 31.2 Å². The maximum absolute atomic E-state index is 12.7. The van der Waals surface area contributed by atoms with Gasteiger partial charge in [-0.2, -0.15) is 0 Å². The van der Waals surface area contributed by atoms with Gasteiger partial charge in [0, 0.05) is 12.8 Å². The van der Waals surface area contributed by atoms with E-state index in [0.717, 1.165) is 51.4 Å². The second-order valence-electron chi connectivity index (χ2n) is 15.6. The highest BCUT2D eigenvalue weighted by atomic mass is 31.2. The molecule has 0 spiro atoms. The van der Waals surface area contributed by atoms with Crippen LogP contribution in [-0.4, -0.2) is 109 Å². The third-order valence-electron chi connectivity index (χ3n) is 8.75. The van der Waals surface area contributed by atoms with Crippen LogP contribution in [0.25, 0.3) is 0 Å². The van der Waals surface area contributed by atoms with Crippen molar-refractivity contribution in [2.45, 2.75) is 147 Å². The number of esters is 2. The van der Waals surface area contributed by atoms with Gasteiger partial charge in [-0.15, -0.1) is 0 Å². The number of ether oxygens (including phenoxy) is 2. The fourth-order valence-electron chi connectivity index (χ4n) is 5.21. The summed E-state index contributed by atoms with van der Waals surface area (Å²) >= 11 is 0. The Hall–Kier alpha value is -2.93. The van der Waals surface area contributed by atoms with Crippen LogP contribution < -0.4 is 0 Å². The van der Waals surface area contributed by atoms with Gasteiger partial charge in [-0.3, -0.25) is 18.6 Å². The van der Waals surface area contributed by atoms with Gasteiger partial charge in [-0.1, -0.05) is 131 Å². The van der Waals surface area contributed by atoms with Crippen LogP contribution in [0.2, 0.25) is 0 Å². The van der Waals surface area contributed by atoms with Crippen molar-refractivity contribution < 1.29 is 57.4 Å². The topological polar surface area (TPSA) is 169 Å². The van der Waals surface area contributed by atoms with Crippen LogP contribution in [0, 0.1) is 0 Å². The molecule has 13 heteroatoms. The molecule has 0 aromatic rings. The first-order chi connectivity index (χ1) is 28.2. The van der Waals surface area contributed by atoms with Gasteiger partial charge in [0.15, 0.2) is 6.10 Å². The predicted molar refractivity (Wildman–Crippen MR) is 237 cm³/mol. The van der Waals surface area contributed by atoms with Crippen molar-refractivity contribution in [3.63, 3.8) is 0 Å². The minimum atomic E-state index is -4.47. The minimum Gasteiger partial charge on any atom is -0.462 e. The minimum absolute atomic E-state index is 0.0318. The first-order valence-corrected chi connectivity index (χ1v) is 23.1. The highest BCUT2D eigenvalue weighted by Crippen LogP contribution is 2.43. The molecule has 0 aromatic carbocycles. The molecule has 0 aliphatic heterocycles. The number of likely N-dealkylation sites (N-methyl/N-ethyl adjacent to an activating group) is 1. The molecular weight excluding hydrogens is 773 g/mol. The number of aliphatic hydroxyl groups is 3. The quantitative estimate of drug-likeness (QED) is 0.0118. The van der Waals surface area contributed by atoms with Crippen LogP contribution in [-0.2, 0) is 32.7 Å². The molecule has 0 amide bonds. The van der Waals surface area contributed by atoms with Gasteiger partial charge in [0.05, 0.1) is 46.1 Å². The van der Waals surface area contributed by atoms with Gasteiger partial charge in [0.25, 0.3) is 0 Å². The summed E-state index contributed by atoms with van der Waals surface area (Å²) in [6, 6.07) is 0. The molecule has 0 saturated heterocycles. The van der Waals surface area contributed by atoms with Crippen molar-refractivity contribution in [1.82, 2.24) is 0 Å². The monoisotopic (exact) mass is 853 g/mol. The smallest absolute Gasteiger partial charge is 0.462 e. The normalized spacial score (nSPS) is 16.0. The Bertz CT molecular complexity index is 1330. The van der Waals surface area contributed by atoms with Crippen LogP contribution >= 0.6 is 7.82 Å². The largest absolute Gasteiger partial charge is 0.472 e. The van der Waals surface area contributed by atoms with E-state index in [1.807, 2.05) is 40.2 Å². The zero-order chi connectivity index (χ0) is 44.0. The lowest BCUT2D eigenvalue weighted by molar-refractivity contribution is -0.870. The Morgan fingerprint density at radius 2 is 1.29 bits per heavy atom. The molecule has 59 heavy (non-hydrogen) atoms. The summed E-state index contributed by atoms with van der Waals surface area (Å²) < 4.78 is 34.0. The number of hydrogen-bond acceptors (Lipinski definition) is 10. The zero-order valence-electron chi connectivity index (χ0n) is 36.8. The summed E-state index contributed by atoms with van der Waals surface area (Å²) in [5.74, 6) is -1.16. The van der Waals surface area contributed by atoms with Gasteiger partial charge < -0.3 is 34.2 Å². The highest BCUT2D eigenvalue weighted by Gasteiger charge is 2.27. The fourth-order valence-corrected chi connectivity index (χ4v) is 5.95. The highest BCUT2D eigenvalue weighted by molar-refractivity contribution is 7.47. The van der Waals surface area contributed by atoms with Crippen molar-refractivity contribution in [3.8, 4) is 0 Å². The molecule has 0 bridgehead atoms. The van der Waals surface area contributed by atoms with Crippen LogP contribution in [0.3, 0.4) is 0 Å². The molecule has 5 atom stereocenters. The van der Waals surface area contributed by atoms with E-state index < -0.39 is 57.4 Å². The van der Waals surface area contributed by atoms with Gasteiger partial charge in [0.2, 0.25) is 0 Å². The fraction of sp³-hybridized carbons (Fsp3) is 0.652. The lowest BCUT2D eigenvalue weighted by atomic mass is 10.1. The van der Waals surface area contributed by atoms with Crippen molar-refractivity contribution >= 4 is 19.8 Å². The van der Waals surface area contributed by atoms with Crippen LogP contribution in [0.15, 0.2) is 85.1 Å². The van der Waals surface area contributed by atoms with Gasteiger partial charge in [0.1, 0.15) is 19.8 Å². The third kappa shape index (κ3) is 39.0. The maximum Gasteiger partial charge on any atom is 0.472 e. The summed E-state index contributed by atoms with van der Waals surface area (Å²) in [6.07, 6.45) is 35.8. The Balaban J connectivity index is 4.74. The molecule has 0 aliphatic rings. The molecule has 0 aromatic heterocycles. The molecule has 12 nitrogen and oxygen atoms in total. The lowest BCUT2D eigenvalue weighted by Gasteiger charge is -2.24. The molecule has 0 saturated carbocycles. The molecule has 1 unspecified atom stereocenters. The van der Waals surface area contributed by atoms with Gasteiger partial charge >= 0.3 is 19.8 Å². The van der Waals surface area contributed by atoms with E-state index in [9.17, 15) is 34.4 Å². The number of unbranched alkanes of at least 4 members (excludes halogenated alkanes) is 8. The molecule has 0 fully saturated rings. The van der Waals surface area contributed by atoms with E-state index >= 15 is 0 Å². The second-order valence-corrected chi connectivity index (χ2v) is 17.0. The average Bonchev–Trinajstić information content (AvgIpc) is 3.17. The number of allylic oxidation sites excluding steroid dienone is 11. The SMILES string of the molecule is CC/C=C\C[C@@H](O)/C=C/C=C/C=C\C=C/[C@H](O)[C@@H](O)CCCC(=O)OC[C@H](COP(=O)(O)OCC[N+](C)(C)C)OC(=O)CCCCCCC/C=C\C/C=C\CCCCC. The number of carbonyl (C=O) groups excluding carboxylic acids is 2. The zero-order valence-corrected chi connectivity index (χ0v) is 37.7. The summed E-state index contributed by atoms with van der Waals surface area (Å²) in [5.41, 5.74) is 0. The van der Waals surface area contributed by atoms with Gasteiger partial charge in [-0.05, 0) is 64.2 Å². The summed E-state index contributed by atoms with van der Waals surface area (Å²) in [7, 11) is 1.26. The van der Waals surface area contributed by atoms with E-state index in [-0.39, 0.29) is 32.3 Å². The Kier molecular flexibility index (Phi) is 35.1. The summed E-state index contributed by atoms with van der Waals surface area (Å²) in [4.78, 5) is 35.4. The molecule has 0 heterocycles. The summed E-state index contributed by atoms with van der Waals surface area (Å²) in [6.45, 7) is 3.76. The van der Waals surface area contributed by atoms with Crippen LogP contribution in [0.5, 0.6) is 0 Å². The van der Waals surface area contributed by atoms with Crippen LogP contribution in [0.1, 0.15) is 123 Å². The molecule has 0 rings (SSSR count). The van der Waals surface area contributed by atoms with Gasteiger partial charge in [-0.25, -0.2) is 4.57 Å². The van der Waals surface area contributed by atoms with E-state index in [1.165, 1.54) is 25.3 Å². The lowest BCUT2D eigenvalue weighted by Crippen LogP contribution is -2.37. The predicted octanol–water partition coefficient (Wildman–Crippen LogP) is 8.93. The maximum atomic E-state index is 12.7. The number of quaternary nitrogens is 1. The van der Waals surface area contributed by atoms with E-state index in [0.29, 0.717) is 23.9 Å². The van der Waals surface area contributed by atoms with Crippen molar-refractivity contribution in [3.05, 3.63) is 85.1 Å². The molecular formula is C46H79NO11P+. The first kappa shape index (κ1) is 56.1. The Morgan fingerprint density at radius 3 is 1.95 bits per heavy atom. The van der Waals surface area contributed by atoms with Crippen molar-refractivity contribution in [1.29, 1.82) is 0 Å². The Labute approximate surface area is 356 Å². The molecule has 338 valence electrons. The number of hydrogen-bond donors (Lipinski definition) is 4.